The Balaban J connectivity index is 2.27. The monoisotopic (exact) mass is 350 g/mol. The molecule has 0 bridgehead atoms. The number of carboxylic acid groups (broad SMARTS) is 1. The summed E-state index contributed by atoms with van der Waals surface area (Å²) in [6.45, 7) is 3.85. The predicted molar refractivity (Wildman–Crippen MR) is 103 cm³/mol. The maximum atomic E-state index is 12.9. The number of pyridine rings is 1. The van der Waals surface area contributed by atoms with Crippen LogP contribution in [0.15, 0.2) is 47.3 Å². The first-order valence-corrected chi connectivity index (χ1v) is 8.48. The van der Waals surface area contributed by atoms with Crippen LogP contribution in [0.3, 0.4) is 0 Å². The Bertz CT molecular complexity index is 1070. The highest BCUT2D eigenvalue weighted by Gasteiger charge is 2.17. The van der Waals surface area contributed by atoms with Gasteiger partial charge < -0.3 is 15.4 Å². The number of hydrogen-bond acceptors (Lipinski definition) is 3. The lowest BCUT2D eigenvalue weighted by atomic mass is 9.91. The Morgan fingerprint density at radius 2 is 1.81 bits per heavy atom. The van der Waals surface area contributed by atoms with E-state index in [0.29, 0.717) is 5.56 Å². The number of aromatic nitrogens is 1. The van der Waals surface area contributed by atoms with E-state index in [1.807, 2.05) is 56.3 Å². The van der Waals surface area contributed by atoms with Crippen LogP contribution in [0, 0.1) is 13.8 Å². The molecule has 0 amide bonds. The van der Waals surface area contributed by atoms with Crippen molar-refractivity contribution in [3.8, 4) is 11.1 Å². The number of rotatable bonds is 4. The number of hydrogen-bond donors (Lipinski definition) is 2. The summed E-state index contributed by atoms with van der Waals surface area (Å²) in [7, 11) is 1.77. The van der Waals surface area contributed by atoms with Crippen LogP contribution in [-0.2, 0) is 18.3 Å². The Morgan fingerprint density at radius 1 is 1.15 bits per heavy atom. The van der Waals surface area contributed by atoms with Gasteiger partial charge in [0, 0.05) is 12.7 Å². The van der Waals surface area contributed by atoms with Crippen molar-refractivity contribution < 1.29 is 9.90 Å². The summed E-state index contributed by atoms with van der Waals surface area (Å²) < 4.78 is 1.64. The van der Waals surface area contributed by atoms with Crippen LogP contribution >= 0.6 is 0 Å². The summed E-state index contributed by atoms with van der Waals surface area (Å²) in [5, 5.41) is 11.0. The number of carboxylic acids is 1. The van der Waals surface area contributed by atoms with Gasteiger partial charge in [-0.2, -0.15) is 0 Å². The van der Waals surface area contributed by atoms with Gasteiger partial charge in [-0.15, -0.1) is 0 Å². The zero-order valence-corrected chi connectivity index (χ0v) is 15.1. The quantitative estimate of drug-likeness (QED) is 0.758. The molecule has 0 saturated carbocycles. The summed E-state index contributed by atoms with van der Waals surface area (Å²) in [6.07, 6.45) is 0.237. The highest BCUT2D eigenvalue weighted by atomic mass is 16.4. The fourth-order valence-electron chi connectivity index (χ4n) is 3.39. The van der Waals surface area contributed by atoms with Crippen LogP contribution in [0.25, 0.3) is 21.9 Å². The minimum absolute atomic E-state index is 0.0392. The molecule has 0 spiro atoms. The largest absolute Gasteiger partial charge is 0.480 e. The Hall–Kier alpha value is -2.92. The van der Waals surface area contributed by atoms with Crippen LogP contribution in [-0.4, -0.2) is 21.7 Å². The van der Waals surface area contributed by atoms with Crippen LogP contribution < -0.4 is 11.3 Å². The molecule has 0 radical (unpaired) electrons. The molecule has 3 rings (SSSR count). The predicted octanol–water partition coefficient (Wildman–Crippen LogP) is 2.78. The van der Waals surface area contributed by atoms with E-state index in [2.05, 4.69) is 0 Å². The molecule has 2 aromatic carbocycles. The molecule has 1 heterocycles. The third-order valence-electron chi connectivity index (χ3n) is 4.91. The first kappa shape index (κ1) is 17.9. The molecular formula is C21H22N2O3. The second-order valence-electron chi connectivity index (χ2n) is 6.67. The lowest BCUT2D eigenvalue weighted by Gasteiger charge is -2.16. The van der Waals surface area contributed by atoms with E-state index in [9.17, 15) is 9.59 Å². The Labute approximate surface area is 151 Å². The number of nitrogens with two attached hydrogens (primary N) is 1. The Morgan fingerprint density at radius 3 is 2.46 bits per heavy atom. The zero-order chi connectivity index (χ0) is 19.0. The molecule has 3 aromatic rings. The first-order valence-electron chi connectivity index (χ1n) is 8.48. The van der Waals surface area contributed by atoms with E-state index in [0.717, 1.165) is 33.2 Å². The SMILES string of the molecule is Cc1cc(C)n(C)c(=O)c1-c1ccc(CC(N)C(=O)O)c2ccccc12. The number of aryl methyl sites for hydroxylation is 2. The summed E-state index contributed by atoms with van der Waals surface area (Å²) in [6, 6.07) is 12.5. The van der Waals surface area contributed by atoms with Crippen molar-refractivity contribution in [2.75, 3.05) is 0 Å². The van der Waals surface area contributed by atoms with Gasteiger partial charge in [0.05, 0.1) is 5.56 Å². The van der Waals surface area contributed by atoms with Gasteiger partial charge in [-0.3, -0.25) is 9.59 Å². The molecule has 0 aliphatic rings. The molecule has 1 unspecified atom stereocenters. The summed E-state index contributed by atoms with van der Waals surface area (Å²) >= 11 is 0. The van der Waals surface area contributed by atoms with E-state index in [1.165, 1.54) is 0 Å². The van der Waals surface area contributed by atoms with Crippen molar-refractivity contribution in [1.29, 1.82) is 0 Å². The molecule has 0 saturated heterocycles. The number of carbonyl (C=O) groups is 1. The summed E-state index contributed by atoms with van der Waals surface area (Å²) in [5.74, 6) is -1.03. The van der Waals surface area contributed by atoms with E-state index in [1.54, 1.807) is 11.6 Å². The standard InChI is InChI=1S/C21H22N2O3/c1-12-10-13(2)23(3)20(24)19(12)17-9-8-14(11-18(22)21(25)26)15-6-4-5-7-16(15)17/h4-10,18H,11,22H2,1-3H3,(H,25,26). The van der Waals surface area contributed by atoms with Gasteiger partial charge in [-0.1, -0.05) is 36.4 Å². The lowest BCUT2D eigenvalue weighted by molar-refractivity contribution is -0.138. The van der Waals surface area contributed by atoms with Crippen molar-refractivity contribution >= 4 is 16.7 Å². The highest BCUT2D eigenvalue weighted by molar-refractivity contribution is 5.99. The maximum absolute atomic E-state index is 12.9. The molecule has 134 valence electrons. The van der Waals surface area contributed by atoms with Crippen LogP contribution in [0.4, 0.5) is 0 Å². The average molecular weight is 350 g/mol. The van der Waals surface area contributed by atoms with Gasteiger partial charge >= 0.3 is 5.97 Å². The third-order valence-corrected chi connectivity index (χ3v) is 4.91. The van der Waals surface area contributed by atoms with Crippen molar-refractivity contribution in [3.05, 3.63) is 69.6 Å². The molecule has 0 aliphatic heterocycles. The maximum Gasteiger partial charge on any atom is 0.320 e. The van der Waals surface area contributed by atoms with Crippen LogP contribution in [0.2, 0.25) is 0 Å². The van der Waals surface area contributed by atoms with Crippen LogP contribution in [0.1, 0.15) is 16.8 Å². The molecule has 0 fully saturated rings. The molecule has 5 nitrogen and oxygen atoms in total. The zero-order valence-electron chi connectivity index (χ0n) is 15.1. The molecular weight excluding hydrogens is 328 g/mol. The van der Waals surface area contributed by atoms with E-state index < -0.39 is 12.0 Å². The van der Waals surface area contributed by atoms with Crippen molar-refractivity contribution in [3.63, 3.8) is 0 Å². The number of benzene rings is 2. The average Bonchev–Trinajstić information content (AvgIpc) is 2.61. The number of fused-ring (bicyclic) bond motifs is 1. The van der Waals surface area contributed by atoms with Crippen molar-refractivity contribution in [2.24, 2.45) is 12.8 Å². The van der Waals surface area contributed by atoms with Crippen molar-refractivity contribution in [1.82, 2.24) is 4.57 Å². The molecule has 0 aliphatic carbocycles. The summed E-state index contributed by atoms with van der Waals surface area (Å²) in [4.78, 5) is 24.0. The molecule has 3 N–H and O–H groups in total. The highest BCUT2D eigenvalue weighted by Crippen LogP contribution is 2.31. The van der Waals surface area contributed by atoms with Gasteiger partial charge in [-0.25, -0.2) is 0 Å². The number of aliphatic carboxylic acids is 1. The fourth-order valence-corrected chi connectivity index (χ4v) is 3.39. The fraction of sp³-hybridized carbons (Fsp3) is 0.238. The number of nitrogens with zero attached hydrogens (tertiary/aromatic N) is 1. The first-order chi connectivity index (χ1) is 12.3. The van der Waals surface area contributed by atoms with Gasteiger partial charge in [0.2, 0.25) is 0 Å². The van der Waals surface area contributed by atoms with Gasteiger partial charge in [0.1, 0.15) is 6.04 Å². The second-order valence-corrected chi connectivity index (χ2v) is 6.67. The lowest BCUT2D eigenvalue weighted by Crippen LogP contribution is -2.32. The van der Waals surface area contributed by atoms with Gasteiger partial charge in [0.25, 0.3) is 5.56 Å². The Kier molecular flexibility index (Phi) is 4.66. The van der Waals surface area contributed by atoms with E-state index in [4.69, 9.17) is 10.8 Å². The normalized spacial score (nSPS) is 12.3. The van der Waals surface area contributed by atoms with Gasteiger partial charge in [0.15, 0.2) is 0 Å². The molecule has 1 aromatic heterocycles. The van der Waals surface area contributed by atoms with E-state index >= 15 is 0 Å². The second kappa shape index (κ2) is 6.77. The molecule has 5 heteroatoms. The van der Waals surface area contributed by atoms with Gasteiger partial charge in [-0.05, 0) is 53.8 Å². The van der Waals surface area contributed by atoms with Crippen LogP contribution in [0.5, 0.6) is 0 Å². The molecule has 26 heavy (non-hydrogen) atoms. The van der Waals surface area contributed by atoms with Crippen molar-refractivity contribution in [2.45, 2.75) is 26.3 Å². The van der Waals surface area contributed by atoms with E-state index in [-0.39, 0.29) is 12.0 Å². The third kappa shape index (κ3) is 3.02. The minimum Gasteiger partial charge on any atom is -0.480 e. The molecule has 1 atom stereocenters. The minimum atomic E-state index is -1.03. The topological polar surface area (TPSA) is 85.3 Å². The summed E-state index contributed by atoms with van der Waals surface area (Å²) in [5.41, 5.74) is 9.90. The smallest absolute Gasteiger partial charge is 0.320 e.